The Morgan fingerprint density at radius 2 is 2.12 bits per heavy atom. The Morgan fingerprint density at radius 3 is 2.59 bits per heavy atom. The molecule has 0 amide bonds. The number of hydrogen-bond donors (Lipinski definition) is 1. The number of ether oxygens (including phenoxy) is 2. The molecule has 0 unspecified atom stereocenters. The van der Waals surface area contributed by atoms with Gasteiger partial charge in [-0.25, -0.2) is 4.79 Å². The molecule has 2 N–H and O–H groups in total. The Morgan fingerprint density at radius 1 is 1.47 bits per heavy atom. The zero-order chi connectivity index (χ0) is 13.1. The van der Waals surface area contributed by atoms with Gasteiger partial charge in [0.15, 0.2) is 0 Å². The van der Waals surface area contributed by atoms with Crippen molar-refractivity contribution in [3.63, 3.8) is 0 Å². The predicted molar refractivity (Wildman–Crippen MR) is 64.8 cm³/mol. The van der Waals surface area contributed by atoms with Crippen molar-refractivity contribution in [3.05, 3.63) is 16.3 Å². The van der Waals surface area contributed by atoms with E-state index in [2.05, 4.69) is 4.74 Å². The molecule has 0 saturated carbocycles. The van der Waals surface area contributed by atoms with E-state index in [0.717, 1.165) is 0 Å². The Hall–Kier alpha value is -1.56. The molecule has 1 heterocycles. The van der Waals surface area contributed by atoms with Gasteiger partial charge in [-0.15, -0.1) is 11.3 Å². The molecule has 0 aliphatic rings. The van der Waals surface area contributed by atoms with Crippen LogP contribution in [0, 0.1) is 5.41 Å². The Bertz CT molecular complexity index is 425. The molecule has 0 bridgehead atoms. The number of anilines is 1. The molecule has 17 heavy (non-hydrogen) atoms. The maximum atomic E-state index is 11.6. The van der Waals surface area contributed by atoms with E-state index < -0.39 is 17.4 Å². The highest BCUT2D eigenvalue weighted by molar-refractivity contribution is 7.12. The molecule has 0 fully saturated rings. The van der Waals surface area contributed by atoms with Crippen molar-refractivity contribution in [2.75, 3.05) is 19.5 Å². The van der Waals surface area contributed by atoms with Crippen LogP contribution in [0.4, 0.5) is 5.69 Å². The lowest BCUT2D eigenvalue weighted by Crippen LogP contribution is -2.31. The Balaban J connectivity index is 2.60. The van der Waals surface area contributed by atoms with Crippen LogP contribution in [0.25, 0.3) is 0 Å². The van der Waals surface area contributed by atoms with Crippen molar-refractivity contribution < 1.29 is 19.1 Å². The normalized spacial score (nSPS) is 11.0. The fraction of sp³-hybridized carbons (Fsp3) is 0.455. The SMILES string of the molecule is COC(=O)C(C)(C)COC(=O)c1sccc1N. The van der Waals surface area contributed by atoms with E-state index >= 15 is 0 Å². The summed E-state index contributed by atoms with van der Waals surface area (Å²) in [6, 6.07) is 1.63. The smallest absolute Gasteiger partial charge is 0.350 e. The molecule has 5 nitrogen and oxygen atoms in total. The molecule has 0 radical (unpaired) electrons. The molecule has 6 heteroatoms. The lowest BCUT2D eigenvalue weighted by molar-refractivity contribution is -0.152. The second kappa shape index (κ2) is 5.18. The first-order chi connectivity index (χ1) is 7.88. The van der Waals surface area contributed by atoms with Gasteiger partial charge in [0, 0.05) is 0 Å². The molecule has 0 saturated heterocycles. The summed E-state index contributed by atoms with van der Waals surface area (Å²) in [6.07, 6.45) is 0. The van der Waals surface area contributed by atoms with E-state index in [9.17, 15) is 9.59 Å². The van der Waals surface area contributed by atoms with E-state index in [4.69, 9.17) is 10.5 Å². The van der Waals surface area contributed by atoms with Crippen LogP contribution >= 0.6 is 11.3 Å². The van der Waals surface area contributed by atoms with Crippen LogP contribution < -0.4 is 5.73 Å². The van der Waals surface area contributed by atoms with Crippen LogP contribution in [0.15, 0.2) is 11.4 Å². The topological polar surface area (TPSA) is 78.6 Å². The van der Waals surface area contributed by atoms with Crippen LogP contribution in [0.1, 0.15) is 23.5 Å². The number of thiophene rings is 1. The van der Waals surface area contributed by atoms with Gasteiger partial charge in [-0.3, -0.25) is 4.79 Å². The third kappa shape index (κ3) is 3.20. The average molecular weight is 257 g/mol. The zero-order valence-corrected chi connectivity index (χ0v) is 10.8. The van der Waals surface area contributed by atoms with Gasteiger partial charge in [-0.2, -0.15) is 0 Å². The molecule has 0 aromatic carbocycles. The third-order valence-corrected chi connectivity index (χ3v) is 3.09. The minimum atomic E-state index is -0.865. The predicted octanol–water partition coefficient (Wildman–Crippen LogP) is 1.69. The van der Waals surface area contributed by atoms with Gasteiger partial charge in [0.2, 0.25) is 0 Å². The second-order valence-corrected chi connectivity index (χ2v) is 5.07. The van der Waals surface area contributed by atoms with Crippen molar-refractivity contribution in [3.8, 4) is 0 Å². The van der Waals surface area contributed by atoms with Crippen LogP contribution in [0.3, 0.4) is 0 Å². The maximum absolute atomic E-state index is 11.6. The highest BCUT2D eigenvalue weighted by Gasteiger charge is 2.31. The van der Waals surface area contributed by atoms with Gasteiger partial charge < -0.3 is 15.2 Å². The molecule has 0 spiro atoms. The first-order valence-electron chi connectivity index (χ1n) is 4.97. The van der Waals surface area contributed by atoms with Crippen LogP contribution in [-0.4, -0.2) is 25.7 Å². The number of hydrogen-bond acceptors (Lipinski definition) is 6. The van der Waals surface area contributed by atoms with E-state index in [1.54, 1.807) is 25.3 Å². The van der Waals surface area contributed by atoms with Crippen molar-refractivity contribution in [2.45, 2.75) is 13.8 Å². The maximum Gasteiger partial charge on any atom is 0.350 e. The highest BCUT2D eigenvalue weighted by atomic mass is 32.1. The summed E-state index contributed by atoms with van der Waals surface area (Å²) in [5.41, 5.74) is 5.11. The first-order valence-corrected chi connectivity index (χ1v) is 5.85. The summed E-state index contributed by atoms with van der Waals surface area (Å²) in [7, 11) is 1.29. The fourth-order valence-corrected chi connectivity index (χ4v) is 1.84. The lowest BCUT2D eigenvalue weighted by atomic mass is 9.95. The minimum absolute atomic E-state index is 0.0458. The standard InChI is InChI=1S/C11H15NO4S/c1-11(2,10(14)15-3)6-16-9(13)8-7(12)4-5-17-8/h4-5H,6,12H2,1-3H3. The summed E-state index contributed by atoms with van der Waals surface area (Å²) >= 11 is 1.21. The summed E-state index contributed by atoms with van der Waals surface area (Å²) in [4.78, 5) is 23.4. The molecule has 0 aliphatic heterocycles. The van der Waals surface area contributed by atoms with Crippen molar-refractivity contribution in [1.82, 2.24) is 0 Å². The largest absolute Gasteiger partial charge is 0.469 e. The zero-order valence-electron chi connectivity index (χ0n) is 9.98. The number of rotatable bonds is 4. The summed E-state index contributed by atoms with van der Waals surface area (Å²) in [5.74, 6) is -0.945. The van der Waals surface area contributed by atoms with Crippen molar-refractivity contribution >= 4 is 29.0 Å². The molecular formula is C11H15NO4S. The van der Waals surface area contributed by atoms with Crippen molar-refractivity contribution in [1.29, 1.82) is 0 Å². The van der Waals surface area contributed by atoms with Gasteiger partial charge in [-0.1, -0.05) is 0 Å². The van der Waals surface area contributed by atoms with E-state index in [0.29, 0.717) is 10.6 Å². The second-order valence-electron chi connectivity index (χ2n) is 4.16. The first kappa shape index (κ1) is 13.5. The number of nitrogen functional groups attached to an aromatic ring is 1. The van der Waals surface area contributed by atoms with Gasteiger partial charge in [0.05, 0.1) is 18.2 Å². The van der Waals surface area contributed by atoms with Crippen LogP contribution in [0.5, 0.6) is 0 Å². The number of carbonyl (C=O) groups excluding carboxylic acids is 2. The van der Waals surface area contributed by atoms with E-state index in [1.165, 1.54) is 18.4 Å². The molecule has 0 atom stereocenters. The van der Waals surface area contributed by atoms with E-state index in [1.807, 2.05) is 0 Å². The van der Waals surface area contributed by atoms with Gasteiger partial charge >= 0.3 is 11.9 Å². The summed E-state index contributed by atoms with van der Waals surface area (Å²) in [6.45, 7) is 3.24. The third-order valence-electron chi connectivity index (χ3n) is 2.18. The van der Waals surface area contributed by atoms with Crippen LogP contribution in [0.2, 0.25) is 0 Å². The lowest BCUT2D eigenvalue weighted by Gasteiger charge is -2.20. The van der Waals surface area contributed by atoms with Gasteiger partial charge in [0.1, 0.15) is 11.5 Å². The Kier molecular flexibility index (Phi) is 4.11. The Labute approximate surface area is 104 Å². The van der Waals surface area contributed by atoms with Gasteiger partial charge in [0.25, 0.3) is 0 Å². The average Bonchev–Trinajstić information content (AvgIpc) is 2.71. The summed E-state index contributed by atoms with van der Waals surface area (Å²) in [5, 5.41) is 1.71. The van der Waals surface area contributed by atoms with E-state index in [-0.39, 0.29) is 6.61 Å². The molecule has 1 aromatic heterocycles. The monoisotopic (exact) mass is 257 g/mol. The number of esters is 2. The molecular weight excluding hydrogens is 242 g/mol. The highest BCUT2D eigenvalue weighted by Crippen LogP contribution is 2.22. The summed E-state index contributed by atoms with van der Waals surface area (Å²) < 4.78 is 9.66. The fourth-order valence-electron chi connectivity index (χ4n) is 1.13. The minimum Gasteiger partial charge on any atom is -0.469 e. The molecule has 1 rings (SSSR count). The van der Waals surface area contributed by atoms with Crippen LogP contribution in [-0.2, 0) is 14.3 Å². The quantitative estimate of drug-likeness (QED) is 0.830. The molecule has 1 aromatic rings. The number of carbonyl (C=O) groups is 2. The number of nitrogens with two attached hydrogens (primary N) is 1. The van der Waals surface area contributed by atoms with Crippen molar-refractivity contribution in [2.24, 2.45) is 5.41 Å². The molecule has 0 aliphatic carbocycles. The number of methoxy groups -OCH3 is 1. The van der Waals surface area contributed by atoms with Gasteiger partial charge in [-0.05, 0) is 25.3 Å². The molecule has 94 valence electrons.